The topological polar surface area (TPSA) is 46.9 Å². The van der Waals surface area contributed by atoms with E-state index in [1.54, 1.807) is 23.9 Å². The molecule has 92 valence electrons. The molecule has 1 aliphatic heterocycles. The molecule has 1 aliphatic rings. The van der Waals surface area contributed by atoms with Gasteiger partial charge in [0.05, 0.1) is 6.33 Å². The first-order chi connectivity index (χ1) is 8.74. The van der Waals surface area contributed by atoms with Gasteiger partial charge in [-0.05, 0) is 31.1 Å². The molecular formula is C13H13N3OS. The van der Waals surface area contributed by atoms with Gasteiger partial charge in [0.15, 0.2) is 0 Å². The number of allylic oxidation sites excluding steroid dienone is 2. The first-order valence-corrected chi connectivity index (χ1v) is 6.64. The van der Waals surface area contributed by atoms with Crippen LogP contribution >= 0.6 is 11.3 Å². The molecule has 4 nitrogen and oxygen atoms in total. The van der Waals surface area contributed by atoms with Gasteiger partial charge in [-0.15, -0.1) is 11.3 Å². The van der Waals surface area contributed by atoms with E-state index >= 15 is 0 Å². The first-order valence-electron chi connectivity index (χ1n) is 5.82. The molecule has 1 amide bonds. The van der Waals surface area contributed by atoms with Crippen LogP contribution in [0.15, 0.2) is 36.6 Å². The van der Waals surface area contributed by atoms with Crippen LogP contribution in [0.2, 0.25) is 0 Å². The summed E-state index contributed by atoms with van der Waals surface area (Å²) in [6.07, 6.45) is 6.89. The minimum Gasteiger partial charge on any atom is -0.330 e. The molecule has 18 heavy (non-hydrogen) atoms. The second-order valence-electron chi connectivity index (χ2n) is 4.26. The van der Waals surface area contributed by atoms with E-state index in [2.05, 4.69) is 22.4 Å². The normalized spacial score (nSPS) is 15.9. The standard InChI is InChI=1S/C13H13N3OS/c1-9-10(2-4-12(17)15-9)11-3-5-13(18-11)16-7-6-14-8-16/h3,5-8H,2,4H2,1H3,(H,15,17). The van der Waals surface area contributed by atoms with E-state index in [1.165, 1.54) is 10.5 Å². The summed E-state index contributed by atoms with van der Waals surface area (Å²) in [4.78, 5) is 16.6. The second kappa shape index (κ2) is 4.42. The highest BCUT2D eigenvalue weighted by molar-refractivity contribution is 7.15. The average molecular weight is 259 g/mol. The minimum atomic E-state index is 0.114. The SMILES string of the molecule is CC1=C(c2ccc(-n3ccnc3)s2)CCC(=O)N1. The first kappa shape index (κ1) is 11.2. The Balaban J connectivity index is 1.94. The highest BCUT2D eigenvalue weighted by Crippen LogP contribution is 2.32. The van der Waals surface area contributed by atoms with Crippen LogP contribution in [-0.4, -0.2) is 15.5 Å². The molecule has 0 atom stereocenters. The number of aromatic nitrogens is 2. The number of imidazole rings is 1. The van der Waals surface area contributed by atoms with E-state index in [-0.39, 0.29) is 5.91 Å². The van der Waals surface area contributed by atoms with Crippen molar-refractivity contribution >= 4 is 22.8 Å². The molecule has 0 aromatic carbocycles. The number of hydrogen-bond acceptors (Lipinski definition) is 3. The molecule has 0 saturated carbocycles. The van der Waals surface area contributed by atoms with Crippen molar-refractivity contribution in [2.24, 2.45) is 0 Å². The zero-order chi connectivity index (χ0) is 12.5. The molecule has 0 aliphatic carbocycles. The number of thiophene rings is 1. The number of rotatable bonds is 2. The smallest absolute Gasteiger partial charge is 0.224 e. The second-order valence-corrected chi connectivity index (χ2v) is 5.32. The molecule has 5 heteroatoms. The van der Waals surface area contributed by atoms with Crippen molar-refractivity contribution in [3.8, 4) is 5.00 Å². The number of nitrogens with one attached hydrogen (secondary N) is 1. The number of carbonyl (C=O) groups excluding carboxylic acids is 1. The number of nitrogens with zero attached hydrogens (tertiary/aromatic N) is 2. The zero-order valence-electron chi connectivity index (χ0n) is 10.0. The molecule has 3 heterocycles. The van der Waals surface area contributed by atoms with Crippen molar-refractivity contribution in [3.63, 3.8) is 0 Å². The third kappa shape index (κ3) is 1.97. The lowest BCUT2D eigenvalue weighted by Gasteiger charge is -2.17. The van der Waals surface area contributed by atoms with Gasteiger partial charge >= 0.3 is 0 Å². The largest absolute Gasteiger partial charge is 0.330 e. The predicted molar refractivity (Wildman–Crippen MR) is 71.4 cm³/mol. The summed E-state index contributed by atoms with van der Waals surface area (Å²) in [6, 6.07) is 4.19. The lowest BCUT2D eigenvalue weighted by atomic mass is 10.0. The van der Waals surface area contributed by atoms with E-state index in [1.807, 2.05) is 17.7 Å². The molecule has 0 saturated heterocycles. The van der Waals surface area contributed by atoms with E-state index in [9.17, 15) is 4.79 Å². The fourth-order valence-electron chi connectivity index (χ4n) is 2.10. The maximum atomic E-state index is 11.3. The molecule has 3 rings (SSSR count). The Hall–Kier alpha value is -1.88. The van der Waals surface area contributed by atoms with Gasteiger partial charge in [0, 0.05) is 29.4 Å². The molecule has 2 aromatic rings. The Labute approximate surface area is 109 Å². The van der Waals surface area contributed by atoms with Gasteiger partial charge in [0.1, 0.15) is 5.00 Å². The Morgan fingerprint density at radius 3 is 3.00 bits per heavy atom. The number of amides is 1. The molecule has 0 radical (unpaired) electrons. The summed E-state index contributed by atoms with van der Waals surface area (Å²) in [7, 11) is 0. The maximum Gasteiger partial charge on any atom is 0.224 e. The monoisotopic (exact) mass is 259 g/mol. The summed E-state index contributed by atoms with van der Waals surface area (Å²) in [5.74, 6) is 0.114. The van der Waals surface area contributed by atoms with E-state index in [0.717, 1.165) is 17.1 Å². The number of carbonyl (C=O) groups is 1. The Morgan fingerprint density at radius 1 is 1.39 bits per heavy atom. The van der Waals surface area contributed by atoms with Crippen molar-refractivity contribution in [2.45, 2.75) is 19.8 Å². The predicted octanol–water partition coefficient (Wildman–Crippen LogP) is 2.57. The molecule has 1 N–H and O–H groups in total. The van der Waals surface area contributed by atoms with Crippen LogP contribution in [-0.2, 0) is 4.79 Å². The third-order valence-electron chi connectivity index (χ3n) is 3.03. The van der Waals surface area contributed by atoms with E-state index < -0.39 is 0 Å². The van der Waals surface area contributed by atoms with Crippen LogP contribution in [0.25, 0.3) is 10.6 Å². The van der Waals surface area contributed by atoms with Gasteiger partial charge < -0.3 is 5.32 Å². The minimum absolute atomic E-state index is 0.114. The summed E-state index contributed by atoms with van der Waals surface area (Å²) >= 11 is 1.72. The lowest BCUT2D eigenvalue weighted by molar-refractivity contribution is -0.120. The van der Waals surface area contributed by atoms with Crippen LogP contribution in [0.4, 0.5) is 0 Å². The third-order valence-corrected chi connectivity index (χ3v) is 4.19. The van der Waals surface area contributed by atoms with Crippen molar-refractivity contribution in [2.75, 3.05) is 0 Å². The summed E-state index contributed by atoms with van der Waals surface area (Å²) in [6.45, 7) is 1.96. The van der Waals surface area contributed by atoms with Crippen LogP contribution < -0.4 is 5.32 Å². The van der Waals surface area contributed by atoms with Gasteiger partial charge in [-0.2, -0.15) is 0 Å². The summed E-state index contributed by atoms with van der Waals surface area (Å²) in [5.41, 5.74) is 2.22. The summed E-state index contributed by atoms with van der Waals surface area (Å²) in [5, 5.41) is 4.04. The van der Waals surface area contributed by atoms with E-state index in [0.29, 0.717) is 6.42 Å². The maximum absolute atomic E-state index is 11.3. The van der Waals surface area contributed by atoms with Gasteiger partial charge in [-0.1, -0.05) is 0 Å². The van der Waals surface area contributed by atoms with Crippen molar-refractivity contribution in [1.29, 1.82) is 0 Å². The molecular weight excluding hydrogens is 246 g/mol. The quantitative estimate of drug-likeness (QED) is 0.901. The Bertz CT molecular complexity index is 610. The fraction of sp³-hybridized carbons (Fsp3) is 0.231. The molecule has 0 fully saturated rings. The number of hydrogen-bond donors (Lipinski definition) is 1. The summed E-state index contributed by atoms with van der Waals surface area (Å²) < 4.78 is 1.99. The van der Waals surface area contributed by atoms with Crippen molar-refractivity contribution < 1.29 is 4.79 Å². The van der Waals surface area contributed by atoms with Gasteiger partial charge in [-0.25, -0.2) is 4.98 Å². The Morgan fingerprint density at radius 2 is 2.28 bits per heavy atom. The Kier molecular flexibility index (Phi) is 2.76. The lowest BCUT2D eigenvalue weighted by Crippen LogP contribution is -2.25. The molecule has 0 unspecified atom stereocenters. The van der Waals surface area contributed by atoms with Crippen LogP contribution in [0.5, 0.6) is 0 Å². The van der Waals surface area contributed by atoms with Gasteiger partial charge in [-0.3, -0.25) is 9.36 Å². The van der Waals surface area contributed by atoms with Crippen molar-refractivity contribution in [3.05, 3.63) is 41.4 Å². The fourth-order valence-corrected chi connectivity index (χ4v) is 3.19. The highest BCUT2D eigenvalue weighted by atomic mass is 32.1. The zero-order valence-corrected chi connectivity index (χ0v) is 10.8. The van der Waals surface area contributed by atoms with Crippen molar-refractivity contribution in [1.82, 2.24) is 14.9 Å². The van der Waals surface area contributed by atoms with Crippen LogP contribution in [0.3, 0.4) is 0 Å². The van der Waals surface area contributed by atoms with Gasteiger partial charge in [0.25, 0.3) is 0 Å². The van der Waals surface area contributed by atoms with Gasteiger partial charge in [0.2, 0.25) is 5.91 Å². The average Bonchev–Trinajstić information content (AvgIpc) is 2.99. The molecule has 0 bridgehead atoms. The van der Waals surface area contributed by atoms with E-state index in [4.69, 9.17) is 0 Å². The molecule has 0 spiro atoms. The van der Waals surface area contributed by atoms with Crippen LogP contribution in [0.1, 0.15) is 24.6 Å². The highest BCUT2D eigenvalue weighted by Gasteiger charge is 2.17. The molecule has 2 aromatic heterocycles. The van der Waals surface area contributed by atoms with Crippen LogP contribution in [0, 0.1) is 0 Å².